The molecule has 4 N–H and O–H groups in total. The van der Waals surface area contributed by atoms with Crippen molar-refractivity contribution in [3.05, 3.63) is 0 Å². The number of hydrogen-bond acceptors (Lipinski definition) is 6. The monoisotopic (exact) mass is 304 g/mol. The molecule has 0 radical (unpaired) electrons. The van der Waals surface area contributed by atoms with Gasteiger partial charge in [-0.15, -0.1) is 0 Å². The molecule has 10 nitrogen and oxygen atoms in total. The van der Waals surface area contributed by atoms with Crippen LogP contribution in [0.4, 0.5) is 4.79 Å². The smallest absolute Gasteiger partial charge is 0.407 e. The maximum atomic E-state index is 11.3. The van der Waals surface area contributed by atoms with Gasteiger partial charge >= 0.3 is 6.09 Å². The minimum absolute atomic E-state index is 0.0706. The highest BCUT2D eigenvalue weighted by molar-refractivity contribution is 5.89. The fourth-order valence-corrected chi connectivity index (χ4v) is 1.00. The Morgan fingerprint density at radius 2 is 1.29 bits per heavy atom. The molecule has 0 rings (SSSR count). The Labute approximate surface area is 121 Å². The van der Waals surface area contributed by atoms with Crippen molar-refractivity contribution in [2.45, 2.75) is 6.92 Å². The highest BCUT2D eigenvalue weighted by atomic mass is 16.5. The molecule has 0 aliphatic carbocycles. The predicted molar refractivity (Wildman–Crippen MR) is 71.1 cm³/mol. The van der Waals surface area contributed by atoms with E-state index in [1.54, 1.807) is 6.92 Å². The normalized spacial score (nSPS) is 9.43. The fourth-order valence-electron chi connectivity index (χ4n) is 1.00. The second-order valence-corrected chi connectivity index (χ2v) is 3.64. The van der Waals surface area contributed by atoms with E-state index >= 15 is 0 Å². The molecule has 120 valence electrons. The van der Waals surface area contributed by atoms with Crippen molar-refractivity contribution < 1.29 is 28.7 Å². The van der Waals surface area contributed by atoms with Gasteiger partial charge in [-0.25, -0.2) is 4.79 Å². The van der Waals surface area contributed by atoms with Crippen molar-refractivity contribution in [2.75, 3.05) is 40.1 Å². The Hall–Kier alpha value is -2.36. The number of methoxy groups -OCH3 is 1. The second kappa shape index (κ2) is 11.5. The van der Waals surface area contributed by atoms with Gasteiger partial charge in [0.2, 0.25) is 17.7 Å². The molecule has 0 aromatic heterocycles. The zero-order valence-corrected chi connectivity index (χ0v) is 12.0. The van der Waals surface area contributed by atoms with E-state index in [9.17, 15) is 19.2 Å². The lowest BCUT2D eigenvalue weighted by Gasteiger charge is -2.08. The van der Waals surface area contributed by atoms with Crippen molar-refractivity contribution in [3.63, 3.8) is 0 Å². The number of ether oxygens (including phenoxy) is 2. The van der Waals surface area contributed by atoms with Crippen LogP contribution < -0.4 is 21.3 Å². The van der Waals surface area contributed by atoms with Crippen molar-refractivity contribution in [1.82, 2.24) is 21.3 Å². The van der Waals surface area contributed by atoms with Crippen LogP contribution in [0.2, 0.25) is 0 Å². The number of carbonyl (C=O) groups excluding carboxylic acids is 4. The number of alkyl carbamates (subject to hydrolysis) is 1. The molecular weight excluding hydrogens is 284 g/mol. The Balaban J connectivity index is 3.68. The van der Waals surface area contributed by atoms with Gasteiger partial charge in [-0.05, 0) is 6.92 Å². The molecule has 0 fully saturated rings. The quantitative estimate of drug-likeness (QED) is 0.279. The average molecular weight is 304 g/mol. The highest BCUT2D eigenvalue weighted by Gasteiger charge is 2.08. The minimum Gasteiger partial charge on any atom is -0.453 e. The van der Waals surface area contributed by atoms with Crippen LogP contribution in [-0.2, 0) is 23.9 Å². The summed E-state index contributed by atoms with van der Waals surface area (Å²) in [7, 11) is 1.16. The van der Waals surface area contributed by atoms with Crippen molar-refractivity contribution >= 4 is 23.8 Å². The summed E-state index contributed by atoms with van der Waals surface area (Å²) in [6.07, 6.45) is -0.749. The van der Waals surface area contributed by atoms with Gasteiger partial charge in [0.25, 0.3) is 0 Å². The number of amides is 4. The topological polar surface area (TPSA) is 135 Å². The maximum absolute atomic E-state index is 11.3. The summed E-state index contributed by atoms with van der Waals surface area (Å²) in [4.78, 5) is 44.5. The third-order valence-electron chi connectivity index (χ3n) is 2.05. The predicted octanol–water partition coefficient (Wildman–Crippen LogP) is -2.31. The van der Waals surface area contributed by atoms with Gasteiger partial charge in [0, 0.05) is 6.61 Å². The van der Waals surface area contributed by atoms with Crippen LogP contribution in [0.1, 0.15) is 6.92 Å². The van der Waals surface area contributed by atoms with E-state index in [-0.39, 0.29) is 26.4 Å². The maximum Gasteiger partial charge on any atom is 0.407 e. The molecule has 0 aromatic rings. The molecule has 0 aliphatic rings. The van der Waals surface area contributed by atoms with Crippen LogP contribution in [0.15, 0.2) is 0 Å². The van der Waals surface area contributed by atoms with Gasteiger partial charge < -0.3 is 30.7 Å². The molecule has 0 aliphatic heterocycles. The molecule has 0 heterocycles. The first kappa shape index (κ1) is 18.6. The Kier molecular flexibility index (Phi) is 10.2. The van der Waals surface area contributed by atoms with Crippen molar-refractivity contribution in [2.24, 2.45) is 0 Å². The Morgan fingerprint density at radius 1 is 0.810 bits per heavy atom. The van der Waals surface area contributed by atoms with Crippen molar-refractivity contribution in [1.29, 1.82) is 0 Å². The highest BCUT2D eigenvalue weighted by Crippen LogP contribution is 1.73. The molecule has 21 heavy (non-hydrogen) atoms. The zero-order chi connectivity index (χ0) is 16.1. The molecule has 0 saturated carbocycles. The summed E-state index contributed by atoms with van der Waals surface area (Å²) >= 11 is 0. The van der Waals surface area contributed by atoms with Crippen LogP contribution in [0.25, 0.3) is 0 Å². The summed E-state index contributed by atoms with van der Waals surface area (Å²) in [5, 5.41) is 9.14. The van der Waals surface area contributed by atoms with E-state index < -0.39 is 23.8 Å². The molecule has 0 saturated heterocycles. The van der Waals surface area contributed by atoms with E-state index in [1.807, 2.05) is 0 Å². The van der Waals surface area contributed by atoms with E-state index in [4.69, 9.17) is 4.74 Å². The molecule has 0 aromatic carbocycles. The molecule has 0 unspecified atom stereocenters. The van der Waals surface area contributed by atoms with E-state index in [0.29, 0.717) is 6.61 Å². The first-order valence-corrected chi connectivity index (χ1v) is 6.19. The van der Waals surface area contributed by atoms with Crippen LogP contribution in [0, 0.1) is 0 Å². The first-order chi connectivity index (χ1) is 9.99. The van der Waals surface area contributed by atoms with Gasteiger partial charge in [0.1, 0.15) is 13.3 Å². The second-order valence-electron chi connectivity index (χ2n) is 3.64. The molecular formula is C11H20N4O6. The third-order valence-corrected chi connectivity index (χ3v) is 2.05. The lowest BCUT2D eigenvalue weighted by molar-refractivity contribution is -0.128. The average Bonchev–Trinajstić information content (AvgIpc) is 2.48. The van der Waals surface area contributed by atoms with Crippen molar-refractivity contribution in [3.8, 4) is 0 Å². The molecule has 0 spiro atoms. The van der Waals surface area contributed by atoms with E-state index in [2.05, 4.69) is 26.0 Å². The summed E-state index contributed by atoms with van der Waals surface area (Å²) in [5.41, 5.74) is 0. The van der Waals surface area contributed by atoms with Gasteiger partial charge in [-0.2, -0.15) is 0 Å². The van der Waals surface area contributed by atoms with Gasteiger partial charge in [0.05, 0.1) is 20.2 Å². The minimum atomic E-state index is -0.749. The Morgan fingerprint density at radius 3 is 1.76 bits per heavy atom. The standard InChI is InChI=1S/C11H20N4O6/c1-3-21-7-15-10(18)5-13-8(16)4-12-9(17)6-14-11(19)20-2/h3-7H2,1-2H3,(H,12,17)(H,13,16)(H,14,19)(H,15,18). The fraction of sp³-hybridized carbons (Fsp3) is 0.636. The summed E-state index contributed by atoms with van der Waals surface area (Å²) < 4.78 is 9.17. The van der Waals surface area contributed by atoms with E-state index in [1.165, 1.54) is 0 Å². The van der Waals surface area contributed by atoms with Crippen LogP contribution in [0.5, 0.6) is 0 Å². The zero-order valence-electron chi connectivity index (χ0n) is 12.0. The lowest BCUT2D eigenvalue weighted by Crippen LogP contribution is -2.44. The molecule has 10 heteroatoms. The van der Waals surface area contributed by atoms with Crippen LogP contribution >= 0.6 is 0 Å². The molecule has 4 amide bonds. The SMILES string of the molecule is CCOCNC(=O)CNC(=O)CNC(=O)CNC(=O)OC. The summed E-state index contributed by atoms with van der Waals surface area (Å²) in [6, 6.07) is 0. The van der Waals surface area contributed by atoms with E-state index in [0.717, 1.165) is 7.11 Å². The summed E-state index contributed by atoms with van der Waals surface area (Å²) in [6.45, 7) is 1.49. The number of hydrogen-bond donors (Lipinski definition) is 4. The van der Waals surface area contributed by atoms with Gasteiger partial charge in [-0.1, -0.05) is 0 Å². The van der Waals surface area contributed by atoms with Gasteiger partial charge in [0.15, 0.2) is 0 Å². The van der Waals surface area contributed by atoms with Crippen LogP contribution in [-0.4, -0.2) is 63.9 Å². The first-order valence-electron chi connectivity index (χ1n) is 6.19. The third kappa shape index (κ3) is 11.2. The number of nitrogens with one attached hydrogen (secondary N) is 4. The lowest BCUT2D eigenvalue weighted by atomic mass is 10.5. The number of carbonyl (C=O) groups is 4. The summed E-state index contributed by atoms with van der Waals surface area (Å²) in [5.74, 6) is -1.50. The van der Waals surface area contributed by atoms with Gasteiger partial charge in [-0.3, -0.25) is 14.4 Å². The van der Waals surface area contributed by atoms with Crippen LogP contribution in [0.3, 0.4) is 0 Å². The largest absolute Gasteiger partial charge is 0.453 e. The number of rotatable bonds is 9. The Bertz CT molecular complexity index is 374. The molecule has 0 atom stereocenters. The molecule has 0 bridgehead atoms.